The topological polar surface area (TPSA) is 187 Å². The van der Waals surface area contributed by atoms with Crippen molar-refractivity contribution in [3.05, 3.63) is 122 Å². The van der Waals surface area contributed by atoms with E-state index < -0.39 is 28.3 Å². The van der Waals surface area contributed by atoms with Crippen LogP contribution in [0.5, 0.6) is 17.2 Å². The zero-order valence-corrected chi connectivity index (χ0v) is 46.1. The lowest BCUT2D eigenvalue weighted by Crippen LogP contribution is -2.51. The van der Waals surface area contributed by atoms with Crippen molar-refractivity contribution in [2.75, 3.05) is 33.5 Å². The van der Waals surface area contributed by atoms with Gasteiger partial charge in [0, 0.05) is 65.2 Å². The second kappa shape index (κ2) is 21.6. The van der Waals surface area contributed by atoms with Gasteiger partial charge >= 0.3 is 0 Å². The summed E-state index contributed by atoms with van der Waals surface area (Å²) in [4.78, 5) is 20.7. The van der Waals surface area contributed by atoms with E-state index in [4.69, 9.17) is 20.2 Å². The van der Waals surface area contributed by atoms with Gasteiger partial charge in [-0.3, -0.25) is 4.79 Å². The van der Waals surface area contributed by atoms with Crippen molar-refractivity contribution in [1.29, 1.82) is 0 Å². The van der Waals surface area contributed by atoms with Gasteiger partial charge in [0.05, 0.1) is 44.1 Å². The van der Waals surface area contributed by atoms with Crippen LogP contribution < -0.4 is 15.8 Å². The number of ether oxygens (including phenoxy) is 2. The van der Waals surface area contributed by atoms with Gasteiger partial charge in [-0.25, -0.2) is 4.99 Å². The van der Waals surface area contributed by atoms with Crippen molar-refractivity contribution >= 4 is 11.7 Å². The number of guanidine groups is 1. The molecular formula is C67H83N3O8. The summed E-state index contributed by atoms with van der Waals surface area (Å²) in [5, 5.41) is 63.7. The number of hydrogen-bond acceptors (Lipinski definition) is 11. The van der Waals surface area contributed by atoms with Crippen LogP contribution in [0, 0.1) is 52.3 Å². The smallest absolute Gasteiger partial charge is 0.189 e. The third-order valence-corrected chi connectivity index (χ3v) is 21.0. The monoisotopic (exact) mass is 1060 g/mol. The Hall–Kier alpha value is -5.38. The Balaban J connectivity index is 1.09. The van der Waals surface area contributed by atoms with Gasteiger partial charge in [-0.15, -0.1) is 0 Å². The minimum absolute atomic E-state index is 0.0354. The first-order valence-electron chi connectivity index (χ1n) is 29.9. The van der Waals surface area contributed by atoms with Gasteiger partial charge < -0.3 is 46.1 Å². The summed E-state index contributed by atoms with van der Waals surface area (Å²) < 4.78 is 13.4. The molecule has 4 fully saturated rings. The average Bonchev–Trinajstić information content (AvgIpc) is 4.05. The van der Waals surface area contributed by atoms with Crippen molar-refractivity contribution in [2.45, 2.75) is 171 Å². The number of carbonyl (C=O) groups is 1. The Bertz CT molecular complexity index is 2990. The van der Waals surface area contributed by atoms with E-state index in [1.807, 2.05) is 18.2 Å². The molecule has 8 N–H and O–H groups in total. The summed E-state index contributed by atoms with van der Waals surface area (Å²) >= 11 is 0. The maximum Gasteiger partial charge on any atom is 0.189 e. The number of methoxy groups -OCH3 is 1. The standard InChI is InChI=1S/C67H83N3O8/c1-40-24-51-45-27-42(29-48(74)30-45)26-41-12-10-13-46(28-41)67(22-7-3-8-23-67)70-64(68)69-47-14-11-17-50-52(43-19-20-44-33-65(38-72)21-9-6-18-56(65)55(36-71)60(44)58(75)31-43)32-59(78-49-15-4-5-16-49)63(76)62(50)61-53(25-40)54(51)35-66(34-47,39-73)57(61)37-77-2/h9-10,12-13,21,27-30,32,35,40,43-44,47,49,51,53,56-57,61,71-74,76H,3-8,14-16,18-20,22-26,31,33-34,36-39H2,1-2H3,(H3,68,69,70)/t40-,43-,44-,47+,51-,53-,56+,57+,61+,65-,66+/m0/s1. The van der Waals surface area contributed by atoms with E-state index in [-0.39, 0.29) is 97.7 Å². The number of allylic oxidation sites excluding steroid dienone is 3. The van der Waals surface area contributed by atoms with Gasteiger partial charge in [-0.1, -0.05) is 92.2 Å². The van der Waals surface area contributed by atoms with Crippen molar-refractivity contribution < 1.29 is 39.8 Å². The Labute approximate surface area is 461 Å². The summed E-state index contributed by atoms with van der Waals surface area (Å²) in [5.41, 5.74) is 14.8. The molecule has 414 valence electrons. The highest BCUT2D eigenvalue weighted by Crippen LogP contribution is 2.63. The Morgan fingerprint density at radius 3 is 2.47 bits per heavy atom. The molecule has 8 aliphatic carbocycles. The van der Waals surface area contributed by atoms with E-state index >= 15 is 4.79 Å². The number of Topliss-reactive ketones (excluding diaryl/α,β-unsaturated/α-hetero) is 1. The third-order valence-electron chi connectivity index (χ3n) is 21.0. The van der Waals surface area contributed by atoms with Crippen LogP contribution in [0.25, 0.3) is 0 Å². The molecule has 0 saturated heterocycles. The molecule has 11 atom stereocenters. The molecule has 1 aliphatic heterocycles. The zero-order chi connectivity index (χ0) is 53.9. The molecule has 4 saturated carbocycles. The first kappa shape index (κ1) is 53.3. The van der Waals surface area contributed by atoms with Gasteiger partial charge in [0.25, 0.3) is 0 Å². The fourth-order valence-electron chi connectivity index (χ4n) is 17.6. The molecule has 9 aliphatic rings. The lowest BCUT2D eigenvalue weighted by Gasteiger charge is -2.54. The highest BCUT2D eigenvalue weighted by atomic mass is 16.5. The van der Waals surface area contributed by atoms with E-state index in [9.17, 15) is 25.5 Å². The molecule has 0 amide bonds. The number of phenols is 2. The molecule has 8 bridgehead atoms. The van der Waals surface area contributed by atoms with Gasteiger partial charge in [0.1, 0.15) is 5.75 Å². The SMILES string of the molecule is COC[C@@H]1[C@@H]2c3c(O)c(OC4CCCC4)cc([C@H]4CC[C@H]5C[C@]6(CO)C=CCC[C@@H]6C(CO)=C5C(=O)C4)c3C#CC[C@@H]3C[C@]1(CO)C=C1[C@@H](C[C@H](C)C[C@@H]12)c1cc(O)cc(c1)Cc1cccc(c1)C1(CCCCC1)NC(N)=N3. The minimum Gasteiger partial charge on any atom is -0.508 e. The molecule has 1 spiro atoms. The third kappa shape index (κ3) is 9.52. The maximum absolute atomic E-state index is 15.3. The van der Waals surface area contributed by atoms with E-state index in [1.165, 1.54) is 11.1 Å². The highest BCUT2D eigenvalue weighted by molar-refractivity contribution is 5.98. The fourth-order valence-corrected chi connectivity index (χ4v) is 17.6. The molecule has 3 aromatic carbocycles. The molecule has 1 heterocycles. The summed E-state index contributed by atoms with van der Waals surface area (Å²) in [5.74, 6) is 7.21. The molecule has 0 aromatic heterocycles. The van der Waals surface area contributed by atoms with Crippen molar-refractivity contribution in [1.82, 2.24) is 5.32 Å². The van der Waals surface area contributed by atoms with E-state index in [0.29, 0.717) is 61.4 Å². The number of aliphatic hydroxyl groups excluding tert-OH is 3. The predicted molar refractivity (Wildman–Crippen MR) is 303 cm³/mol. The van der Waals surface area contributed by atoms with Crippen LogP contribution in [-0.4, -0.2) is 83.0 Å². The summed E-state index contributed by atoms with van der Waals surface area (Å²) in [7, 11) is 1.73. The van der Waals surface area contributed by atoms with Crippen molar-refractivity contribution in [3.8, 4) is 29.1 Å². The number of hydrogen-bond donors (Lipinski definition) is 7. The van der Waals surface area contributed by atoms with Crippen LogP contribution in [0.1, 0.15) is 186 Å². The van der Waals surface area contributed by atoms with Gasteiger partial charge in [-0.05, 0) is 177 Å². The van der Waals surface area contributed by atoms with Gasteiger partial charge in [-0.2, -0.15) is 0 Å². The number of fused-ring (bicyclic) bond motifs is 13. The summed E-state index contributed by atoms with van der Waals surface area (Å²) in [6.07, 6.45) is 22.4. The second-order valence-corrected chi connectivity index (χ2v) is 25.8. The molecule has 12 rings (SSSR count). The minimum atomic E-state index is -0.928. The number of phenolic OH excluding ortho intramolecular Hbond substituents is 2. The number of carbonyl (C=O) groups excluding carboxylic acids is 1. The van der Waals surface area contributed by atoms with Crippen LogP contribution in [-0.2, 0) is 21.5 Å². The van der Waals surface area contributed by atoms with Crippen molar-refractivity contribution in [3.63, 3.8) is 0 Å². The van der Waals surface area contributed by atoms with Gasteiger partial charge in [0.2, 0.25) is 0 Å². The quantitative estimate of drug-likeness (QED) is 0.0845. The van der Waals surface area contributed by atoms with Crippen LogP contribution in [0.4, 0.5) is 0 Å². The Morgan fingerprint density at radius 2 is 1.69 bits per heavy atom. The largest absolute Gasteiger partial charge is 0.508 e. The normalized spacial score (nSPS) is 33.3. The molecule has 3 aromatic rings. The number of ketones is 1. The molecular weight excluding hydrogens is 975 g/mol. The zero-order valence-electron chi connectivity index (χ0n) is 46.1. The molecule has 78 heavy (non-hydrogen) atoms. The summed E-state index contributed by atoms with van der Waals surface area (Å²) in [6, 6.07) is 16.5. The molecule has 0 unspecified atom stereocenters. The lowest BCUT2D eigenvalue weighted by atomic mass is 9.51. The average molecular weight is 1060 g/mol. The van der Waals surface area contributed by atoms with Crippen molar-refractivity contribution in [2.24, 2.45) is 51.1 Å². The predicted octanol–water partition coefficient (Wildman–Crippen LogP) is 10.8. The number of aromatic hydroxyl groups is 2. The number of rotatable bonds is 8. The number of aliphatic imine (C=N–C) groups is 1. The second-order valence-electron chi connectivity index (χ2n) is 25.8. The highest BCUT2D eigenvalue weighted by Gasteiger charge is 2.55. The van der Waals surface area contributed by atoms with Gasteiger partial charge in [0.15, 0.2) is 23.2 Å². The molecule has 0 radical (unpaired) electrons. The van der Waals surface area contributed by atoms with Crippen LogP contribution >= 0.6 is 0 Å². The molecule has 11 nitrogen and oxygen atoms in total. The first-order chi connectivity index (χ1) is 37.9. The number of benzene rings is 3. The maximum atomic E-state index is 15.3. The first-order valence-corrected chi connectivity index (χ1v) is 29.9. The number of aliphatic hydroxyl groups is 3. The summed E-state index contributed by atoms with van der Waals surface area (Å²) in [6.45, 7) is 2.14. The van der Waals surface area contributed by atoms with E-state index in [0.717, 1.165) is 117 Å². The Kier molecular flexibility index (Phi) is 14.7. The Morgan fingerprint density at radius 1 is 0.885 bits per heavy atom. The van der Waals surface area contributed by atoms with Crippen LogP contribution in [0.2, 0.25) is 0 Å². The fraction of sp³-hybridized carbons (Fsp3) is 0.582. The van der Waals surface area contributed by atoms with E-state index in [1.54, 1.807) is 7.11 Å². The van der Waals surface area contributed by atoms with E-state index in [2.05, 4.69) is 72.6 Å². The molecule has 11 heteroatoms. The number of nitrogens with two attached hydrogens (primary N) is 1. The van der Waals surface area contributed by atoms with Crippen LogP contribution in [0.3, 0.4) is 0 Å². The number of nitrogens with zero attached hydrogens (tertiary/aromatic N) is 1. The van der Waals surface area contributed by atoms with Crippen LogP contribution in [0.15, 0.2) is 88.5 Å². The number of nitrogens with one attached hydrogen (secondary N) is 1. The lowest BCUT2D eigenvalue weighted by molar-refractivity contribution is -0.116.